The number of aliphatic hydroxyl groups is 1. The predicted molar refractivity (Wildman–Crippen MR) is 75.9 cm³/mol. The zero-order valence-corrected chi connectivity index (χ0v) is 12.7. The summed E-state index contributed by atoms with van der Waals surface area (Å²) < 4.78 is 11.2. The third kappa shape index (κ3) is 3.07. The molecule has 1 aromatic rings. The molecule has 0 amide bonds. The van der Waals surface area contributed by atoms with E-state index in [2.05, 4.69) is 15.9 Å². The van der Waals surface area contributed by atoms with Crippen LogP contribution in [0.5, 0.6) is 11.5 Å². The van der Waals surface area contributed by atoms with Gasteiger partial charge >= 0.3 is 5.97 Å². The maximum absolute atomic E-state index is 11.3. The molecule has 0 radical (unpaired) electrons. The number of hydrogen-bond acceptors (Lipinski definition) is 4. The highest BCUT2D eigenvalue weighted by Gasteiger charge is 2.29. The van der Waals surface area contributed by atoms with Crippen molar-refractivity contribution in [3.63, 3.8) is 0 Å². The van der Waals surface area contributed by atoms with Crippen LogP contribution in [0.4, 0.5) is 0 Å². The van der Waals surface area contributed by atoms with E-state index >= 15 is 0 Å². The van der Waals surface area contributed by atoms with E-state index < -0.39 is 18.0 Å². The summed E-state index contributed by atoms with van der Waals surface area (Å²) >= 11 is 3.34. The van der Waals surface area contributed by atoms with Crippen molar-refractivity contribution < 1.29 is 24.5 Å². The van der Waals surface area contributed by atoms with Crippen LogP contribution in [0.1, 0.15) is 37.9 Å². The molecule has 2 unspecified atom stereocenters. The summed E-state index contributed by atoms with van der Waals surface area (Å²) in [7, 11) is 0. The topological polar surface area (TPSA) is 76.0 Å². The molecule has 2 atom stereocenters. The molecule has 6 heteroatoms. The van der Waals surface area contributed by atoms with E-state index in [1.807, 2.05) is 6.92 Å². The van der Waals surface area contributed by atoms with Crippen molar-refractivity contribution in [1.82, 2.24) is 0 Å². The first-order valence-electron chi connectivity index (χ1n) is 6.54. The Morgan fingerprint density at radius 2 is 2.20 bits per heavy atom. The van der Waals surface area contributed by atoms with Crippen LogP contribution in [-0.4, -0.2) is 23.0 Å². The number of ether oxygens (including phenoxy) is 2. The van der Waals surface area contributed by atoms with Gasteiger partial charge in [-0.1, -0.05) is 19.8 Å². The average molecular weight is 345 g/mol. The number of unbranched alkanes of at least 4 members (excludes halogenated alkanes) is 1. The Labute approximate surface area is 125 Å². The van der Waals surface area contributed by atoms with Gasteiger partial charge in [-0.25, -0.2) is 0 Å². The molecule has 2 N–H and O–H groups in total. The summed E-state index contributed by atoms with van der Waals surface area (Å²) in [5.74, 6) is -0.698. The lowest BCUT2D eigenvalue weighted by Crippen LogP contribution is -2.22. The summed E-state index contributed by atoms with van der Waals surface area (Å²) in [6, 6.07) is 3.32. The lowest BCUT2D eigenvalue weighted by molar-refractivity contribution is -0.146. The smallest absolute Gasteiger partial charge is 0.309 e. The Balaban J connectivity index is 2.25. The van der Waals surface area contributed by atoms with E-state index in [1.165, 1.54) is 0 Å². The van der Waals surface area contributed by atoms with Crippen LogP contribution in [0.25, 0.3) is 0 Å². The Kier molecular flexibility index (Phi) is 4.88. The van der Waals surface area contributed by atoms with Gasteiger partial charge in [-0.3, -0.25) is 4.79 Å². The zero-order chi connectivity index (χ0) is 14.7. The number of fused-ring (bicyclic) bond motifs is 1. The number of carboxylic acids is 1. The summed E-state index contributed by atoms with van der Waals surface area (Å²) in [6.07, 6.45) is 1.03. The first-order valence-corrected chi connectivity index (χ1v) is 7.33. The van der Waals surface area contributed by atoms with E-state index in [4.69, 9.17) is 9.47 Å². The molecule has 2 rings (SSSR count). The second-order valence-corrected chi connectivity index (χ2v) is 5.62. The molecule has 5 nitrogen and oxygen atoms in total. The Morgan fingerprint density at radius 1 is 1.45 bits per heavy atom. The van der Waals surface area contributed by atoms with Crippen molar-refractivity contribution in [3.05, 3.63) is 22.2 Å². The van der Waals surface area contributed by atoms with Gasteiger partial charge < -0.3 is 19.7 Å². The van der Waals surface area contributed by atoms with Gasteiger partial charge in [-0.15, -0.1) is 0 Å². The molecule has 0 saturated heterocycles. The first-order chi connectivity index (χ1) is 9.54. The number of carbonyl (C=O) groups is 1. The predicted octanol–water partition coefficient (Wildman–Crippen LogP) is 3.10. The van der Waals surface area contributed by atoms with Crippen LogP contribution < -0.4 is 9.47 Å². The van der Waals surface area contributed by atoms with Crippen LogP contribution in [0.2, 0.25) is 0 Å². The SMILES string of the molecule is CCCCC(C(=O)O)C(O)c1cc(Br)c2c(c1)OCO2. The van der Waals surface area contributed by atoms with Crippen LogP contribution in [0, 0.1) is 5.92 Å². The standard InChI is InChI=1S/C14H17BrO5/c1-2-3-4-9(14(17)18)12(16)8-5-10(15)13-11(6-8)19-7-20-13/h5-6,9,12,16H,2-4,7H2,1H3,(H,17,18). The number of rotatable bonds is 6. The van der Waals surface area contributed by atoms with E-state index in [-0.39, 0.29) is 6.79 Å². The Hall–Kier alpha value is -1.27. The largest absolute Gasteiger partial charge is 0.481 e. The average Bonchev–Trinajstić information content (AvgIpc) is 2.87. The van der Waals surface area contributed by atoms with Crippen molar-refractivity contribution in [2.75, 3.05) is 6.79 Å². The van der Waals surface area contributed by atoms with Gasteiger partial charge in [-0.05, 0) is 40.0 Å². The minimum atomic E-state index is -1.06. The summed E-state index contributed by atoms with van der Waals surface area (Å²) in [6.45, 7) is 2.12. The fraction of sp³-hybridized carbons (Fsp3) is 0.500. The lowest BCUT2D eigenvalue weighted by atomic mass is 9.91. The number of aliphatic carboxylic acids is 1. The van der Waals surface area contributed by atoms with Gasteiger partial charge in [0.05, 0.1) is 16.5 Å². The van der Waals surface area contributed by atoms with Gasteiger partial charge in [0.25, 0.3) is 0 Å². The van der Waals surface area contributed by atoms with E-state index in [0.29, 0.717) is 28.0 Å². The molecule has 0 bridgehead atoms. The Morgan fingerprint density at radius 3 is 2.85 bits per heavy atom. The minimum absolute atomic E-state index is 0.131. The molecule has 1 aliphatic rings. The summed E-state index contributed by atoms with van der Waals surface area (Å²) in [5.41, 5.74) is 0.518. The molecule has 1 heterocycles. The fourth-order valence-electron chi connectivity index (χ4n) is 2.23. The van der Waals surface area contributed by atoms with E-state index in [0.717, 1.165) is 12.8 Å². The van der Waals surface area contributed by atoms with E-state index in [1.54, 1.807) is 12.1 Å². The lowest BCUT2D eigenvalue weighted by Gasteiger charge is -2.20. The molecule has 0 fully saturated rings. The van der Waals surface area contributed by atoms with Crippen LogP contribution in [-0.2, 0) is 4.79 Å². The molecule has 110 valence electrons. The monoisotopic (exact) mass is 344 g/mol. The molecule has 0 spiro atoms. The molecule has 1 aromatic carbocycles. The summed E-state index contributed by atoms with van der Waals surface area (Å²) in [4.78, 5) is 11.3. The van der Waals surface area contributed by atoms with Crippen molar-refractivity contribution in [2.24, 2.45) is 5.92 Å². The third-order valence-corrected chi connectivity index (χ3v) is 3.95. The number of benzene rings is 1. The number of aliphatic hydroxyl groups excluding tert-OH is 1. The zero-order valence-electron chi connectivity index (χ0n) is 11.1. The highest BCUT2D eigenvalue weighted by molar-refractivity contribution is 9.10. The second-order valence-electron chi connectivity index (χ2n) is 4.77. The molecule has 0 aliphatic carbocycles. The van der Waals surface area contributed by atoms with Crippen LogP contribution in [0.15, 0.2) is 16.6 Å². The van der Waals surface area contributed by atoms with Gasteiger partial charge in [0.15, 0.2) is 11.5 Å². The molecule has 20 heavy (non-hydrogen) atoms. The first kappa shape index (κ1) is 15.1. The van der Waals surface area contributed by atoms with Gasteiger partial charge in [0, 0.05) is 0 Å². The molecule has 0 aromatic heterocycles. The van der Waals surface area contributed by atoms with Gasteiger partial charge in [0.2, 0.25) is 6.79 Å². The van der Waals surface area contributed by atoms with Crippen molar-refractivity contribution in [1.29, 1.82) is 0 Å². The molecule has 1 aliphatic heterocycles. The van der Waals surface area contributed by atoms with Crippen LogP contribution in [0.3, 0.4) is 0 Å². The highest BCUT2D eigenvalue weighted by atomic mass is 79.9. The van der Waals surface area contributed by atoms with Crippen molar-refractivity contribution in [3.8, 4) is 11.5 Å². The number of hydrogen-bond donors (Lipinski definition) is 2. The molecular weight excluding hydrogens is 328 g/mol. The fourth-order valence-corrected chi connectivity index (χ4v) is 2.81. The molecule has 0 saturated carbocycles. The Bertz CT molecular complexity index is 503. The van der Waals surface area contributed by atoms with Crippen LogP contribution >= 0.6 is 15.9 Å². The normalized spacial score (nSPS) is 15.9. The summed E-state index contributed by atoms with van der Waals surface area (Å²) in [5, 5.41) is 19.6. The minimum Gasteiger partial charge on any atom is -0.481 e. The van der Waals surface area contributed by atoms with Gasteiger partial charge in [0.1, 0.15) is 0 Å². The third-order valence-electron chi connectivity index (χ3n) is 3.36. The number of halogens is 1. The highest BCUT2D eigenvalue weighted by Crippen LogP contribution is 2.42. The molecular formula is C14H17BrO5. The van der Waals surface area contributed by atoms with E-state index in [9.17, 15) is 15.0 Å². The maximum Gasteiger partial charge on any atom is 0.309 e. The number of carboxylic acid groups (broad SMARTS) is 1. The van der Waals surface area contributed by atoms with Gasteiger partial charge in [-0.2, -0.15) is 0 Å². The maximum atomic E-state index is 11.3. The second kappa shape index (κ2) is 6.45. The van der Waals surface area contributed by atoms with Crippen molar-refractivity contribution >= 4 is 21.9 Å². The van der Waals surface area contributed by atoms with Crippen molar-refractivity contribution in [2.45, 2.75) is 32.3 Å². The quantitative estimate of drug-likeness (QED) is 0.829.